The third-order valence-electron chi connectivity index (χ3n) is 1.22. The predicted octanol–water partition coefficient (Wildman–Crippen LogP) is 0.0792. The van der Waals surface area contributed by atoms with Gasteiger partial charge in [0.05, 0.1) is 19.5 Å². The van der Waals surface area contributed by atoms with E-state index in [0.717, 1.165) is 0 Å². The molecule has 0 saturated heterocycles. The molecular formula is C6H9N3O2. The van der Waals surface area contributed by atoms with Crippen LogP contribution in [0, 0.1) is 0 Å². The molecule has 0 aliphatic rings. The molecule has 1 aromatic rings. The summed E-state index contributed by atoms with van der Waals surface area (Å²) >= 11 is 0. The van der Waals surface area contributed by atoms with E-state index in [1.165, 1.54) is 31.2 Å². The number of methoxy groups -OCH3 is 1. The van der Waals surface area contributed by atoms with Crippen LogP contribution in [0.3, 0.4) is 0 Å². The van der Waals surface area contributed by atoms with Gasteiger partial charge in [0.15, 0.2) is 5.75 Å². The second kappa shape index (κ2) is 3.05. The van der Waals surface area contributed by atoms with Crippen LogP contribution in [0.5, 0.6) is 5.75 Å². The normalized spacial score (nSPS) is 9.27. The van der Waals surface area contributed by atoms with Crippen molar-refractivity contribution in [1.29, 1.82) is 0 Å². The van der Waals surface area contributed by atoms with Crippen LogP contribution < -0.4 is 10.1 Å². The maximum absolute atomic E-state index is 10.9. The number of ether oxygens (including phenoxy) is 1. The van der Waals surface area contributed by atoms with E-state index in [1.54, 1.807) is 0 Å². The van der Waals surface area contributed by atoms with E-state index in [0.29, 0.717) is 5.75 Å². The molecule has 0 bridgehead atoms. The zero-order valence-electron chi connectivity index (χ0n) is 6.37. The van der Waals surface area contributed by atoms with E-state index in [2.05, 4.69) is 10.4 Å². The first-order chi connectivity index (χ1) is 5.27. The van der Waals surface area contributed by atoms with Gasteiger partial charge >= 0.3 is 6.03 Å². The average Bonchev–Trinajstić information content (AvgIpc) is 2.50. The number of nitrogens with one attached hydrogen (secondary N) is 1. The number of hydrogen-bond donors (Lipinski definition) is 1. The SMILES string of the molecule is CNC(=O)n1cc(OC)cn1. The van der Waals surface area contributed by atoms with Gasteiger partial charge in [0.25, 0.3) is 0 Å². The van der Waals surface area contributed by atoms with Crippen molar-refractivity contribution in [3.8, 4) is 5.75 Å². The van der Waals surface area contributed by atoms with Crippen LogP contribution in [0.25, 0.3) is 0 Å². The summed E-state index contributed by atoms with van der Waals surface area (Å²) in [6, 6.07) is -0.284. The standard InChI is InChI=1S/C6H9N3O2/c1-7-6(10)9-4-5(11-2)3-8-9/h3-4H,1-2H3,(H,7,10). The monoisotopic (exact) mass is 155 g/mol. The fraction of sp³-hybridized carbons (Fsp3) is 0.333. The largest absolute Gasteiger partial charge is 0.493 e. The molecule has 5 heteroatoms. The molecule has 0 fully saturated rings. The second-order valence-corrected chi connectivity index (χ2v) is 1.88. The number of amides is 1. The zero-order chi connectivity index (χ0) is 8.27. The lowest BCUT2D eigenvalue weighted by atomic mass is 10.7. The maximum Gasteiger partial charge on any atom is 0.341 e. The van der Waals surface area contributed by atoms with Gasteiger partial charge in [-0.2, -0.15) is 9.78 Å². The molecule has 0 unspecified atom stereocenters. The molecule has 60 valence electrons. The van der Waals surface area contributed by atoms with Crippen LogP contribution in [0.1, 0.15) is 0 Å². The predicted molar refractivity (Wildman–Crippen MR) is 38.6 cm³/mol. The third kappa shape index (κ3) is 1.49. The van der Waals surface area contributed by atoms with Gasteiger partial charge in [-0.25, -0.2) is 4.79 Å². The van der Waals surface area contributed by atoms with E-state index in [1.807, 2.05) is 0 Å². The van der Waals surface area contributed by atoms with E-state index in [-0.39, 0.29) is 6.03 Å². The van der Waals surface area contributed by atoms with Crippen molar-refractivity contribution in [2.24, 2.45) is 0 Å². The molecule has 0 radical (unpaired) electrons. The van der Waals surface area contributed by atoms with E-state index in [4.69, 9.17) is 4.74 Å². The molecule has 1 heterocycles. The summed E-state index contributed by atoms with van der Waals surface area (Å²) in [6.45, 7) is 0. The summed E-state index contributed by atoms with van der Waals surface area (Å²) < 4.78 is 5.99. The van der Waals surface area contributed by atoms with Gasteiger partial charge in [-0.3, -0.25) is 0 Å². The highest BCUT2D eigenvalue weighted by molar-refractivity contribution is 5.75. The average molecular weight is 155 g/mol. The number of carbonyl (C=O) groups excluding carboxylic acids is 1. The van der Waals surface area contributed by atoms with Crippen molar-refractivity contribution in [1.82, 2.24) is 15.1 Å². The molecular weight excluding hydrogens is 146 g/mol. The lowest BCUT2D eigenvalue weighted by Gasteiger charge is -1.95. The van der Waals surface area contributed by atoms with Gasteiger partial charge in [-0.05, 0) is 0 Å². The number of aromatic nitrogens is 2. The Hall–Kier alpha value is -1.52. The maximum atomic E-state index is 10.9. The smallest absolute Gasteiger partial charge is 0.341 e. The number of hydrogen-bond acceptors (Lipinski definition) is 3. The topological polar surface area (TPSA) is 56.2 Å². The first kappa shape index (κ1) is 7.59. The van der Waals surface area contributed by atoms with Crippen molar-refractivity contribution in [3.63, 3.8) is 0 Å². The summed E-state index contributed by atoms with van der Waals surface area (Å²) in [5.74, 6) is 0.564. The Morgan fingerprint density at radius 3 is 3.00 bits per heavy atom. The molecule has 0 aromatic carbocycles. The molecule has 0 aliphatic heterocycles. The second-order valence-electron chi connectivity index (χ2n) is 1.88. The Morgan fingerprint density at radius 2 is 2.55 bits per heavy atom. The molecule has 1 rings (SSSR count). The van der Waals surface area contributed by atoms with Gasteiger partial charge in [0.2, 0.25) is 0 Å². The van der Waals surface area contributed by atoms with Crippen molar-refractivity contribution >= 4 is 6.03 Å². The summed E-state index contributed by atoms with van der Waals surface area (Å²) in [5, 5.41) is 6.16. The minimum atomic E-state index is -0.284. The van der Waals surface area contributed by atoms with Gasteiger partial charge in [0, 0.05) is 7.05 Å². The Morgan fingerprint density at radius 1 is 1.82 bits per heavy atom. The van der Waals surface area contributed by atoms with Crippen LogP contribution in [0.15, 0.2) is 12.4 Å². The molecule has 11 heavy (non-hydrogen) atoms. The summed E-state index contributed by atoms with van der Waals surface area (Å²) in [7, 11) is 3.06. The van der Waals surface area contributed by atoms with Crippen LogP contribution in [0.2, 0.25) is 0 Å². The number of rotatable bonds is 1. The molecule has 1 N–H and O–H groups in total. The highest BCUT2D eigenvalue weighted by Crippen LogP contribution is 2.05. The Kier molecular flexibility index (Phi) is 2.10. The molecule has 0 aliphatic carbocycles. The number of carbonyl (C=O) groups is 1. The first-order valence-corrected chi connectivity index (χ1v) is 3.08. The fourth-order valence-corrected chi connectivity index (χ4v) is 0.637. The van der Waals surface area contributed by atoms with E-state index in [9.17, 15) is 4.79 Å². The molecule has 1 aromatic heterocycles. The van der Waals surface area contributed by atoms with Crippen LogP contribution in [0.4, 0.5) is 4.79 Å². The zero-order valence-corrected chi connectivity index (χ0v) is 6.37. The first-order valence-electron chi connectivity index (χ1n) is 3.08. The highest BCUT2D eigenvalue weighted by Gasteiger charge is 2.02. The highest BCUT2D eigenvalue weighted by atomic mass is 16.5. The van der Waals surface area contributed by atoms with E-state index < -0.39 is 0 Å². The van der Waals surface area contributed by atoms with Gasteiger partial charge < -0.3 is 10.1 Å². The van der Waals surface area contributed by atoms with Gasteiger partial charge in [0.1, 0.15) is 0 Å². The van der Waals surface area contributed by atoms with Crippen molar-refractivity contribution in [3.05, 3.63) is 12.4 Å². The Balaban J connectivity index is 2.80. The van der Waals surface area contributed by atoms with Crippen molar-refractivity contribution in [2.75, 3.05) is 14.2 Å². The van der Waals surface area contributed by atoms with E-state index >= 15 is 0 Å². The van der Waals surface area contributed by atoms with Crippen LogP contribution >= 0.6 is 0 Å². The van der Waals surface area contributed by atoms with Crippen molar-refractivity contribution < 1.29 is 9.53 Å². The van der Waals surface area contributed by atoms with Crippen molar-refractivity contribution in [2.45, 2.75) is 0 Å². The Labute approximate surface area is 64.0 Å². The fourth-order valence-electron chi connectivity index (χ4n) is 0.637. The molecule has 1 amide bonds. The molecule has 0 atom stereocenters. The van der Waals surface area contributed by atoms with Gasteiger partial charge in [-0.15, -0.1) is 0 Å². The lowest BCUT2D eigenvalue weighted by Crippen LogP contribution is -2.24. The van der Waals surface area contributed by atoms with Crippen LogP contribution in [-0.2, 0) is 0 Å². The van der Waals surface area contributed by atoms with Crippen LogP contribution in [-0.4, -0.2) is 30.0 Å². The molecule has 0 spiro atoms. The lowest BCUT2D eigenvalue weighted by molar-refractivity contribution is 0.241. The third-order valence-corrected chi connectivity index (χ3v) is 1.22. The molecule has 0 saturated carbocycles. The minimum absolute atomic E-state index is 0.284. The van der Waals surface area contributed by atoms with Gasteiger partial charge in [-0.1, -0.05) is 0 Å². The quantitative estimate of drug-likeness (QED) is 0.624. The minimum Gasteiger partial charge on any atom is -0.493 e. The summed E-state index contributed by atoms with van der Waals surface area (Å²) in [5.41, 5.74) is 0. The molecule has 5 nitrogen and oxygen atoms in total. The summed E-state index contributed by atoms with van der Waals surface area (Å²) in [4.78, 5) is 10.9. The Bertz CT molecular complexity index is 256. The summed E-state index contributed by atoms with van der Waals surface area (Å²) in [6.07, 6.45) is 2.97. The number of nitrogens with zero attached hydrogens (tertiary/aromatic N) is 2.